The van der Waals surface area contributed by atoms with Crippen LogP contribution in [0, 0.1) is 30.3 Å². The third-order valence-electron chi connectivity index (χ3n) is 9.07. The molecule has 39 heteroatoms. The van der Waals surface area contributed by atoms with E-state index in [4.69, 9.17) is 62.6 Å². The Kier molecular flexibility index (Phi) is 19.8. The molecule has 0 aliphatic carbocycles. The highest BCUT2D eigenvalue weighted by molar-refractivity contribution is 5.99. The standard InChI is InChI=1S/C35H46N24O15/c36-15-9-18(19(59(71)72)10-17(15)58(69)70)56(11-13-6-7-14(55-74-73)8-16(13)57(67)68)31(66)30(65)46-20(12-4-2-1-3-5-12)26(61)48-23(52-33(40)41)28(63)50-25(54-35(44)45)29(64)49-24(53-34(42)43)27(62)47-22(21(37)60)51-32(38)39/h1-10,20,22-25,31,55,66,73H,11,36H2,(H2,37,60)(H,46,65)(H,47,62)(H,48,61)(H,49,64)(H,50,63)(H4,38,39,51)(H4,40,41,52)(H4,42,43,53)(H4,44,45,54). The third-order valence-corrected chi connectivity index (χ3v) is 9.07. The second-order valence-corrected chi connectivity index (χ2v) is 14.3. The molecule has 0 heterocycles. The summed E-state index contributed by atoms with van der Waals surface area (Å²) in [6.45, 7) is -1.01. The van der Waals surface area contributed by atoms with E-state index in [1.54, 1.807) is 0 Å². The Morgan fingerprint density at radius 1 is 0.581 bits per heavy atom. The van der Waals surface area contributed by atoms with E-state index in [1.807, 2.05) is 21.4 Å². The van der Waals surface area contributed by atoms with Crippen LogP contribution in [-0.4, -0.2) is 115 Å². The number of benzene rings is 3. The van der Waals surface area contributed by atoms with Crippen molar-refractivity contribution in [2.45, 2.75) is 43.5 Å². The molecule has 396 valence electrons. The molecule has 28 N–H and O–H groups in total. The number of rotatable bonds is 25. The molecule has 3 aromatic rings. The van der Waals surface area contributed by atoms with Gasteiger partial charge in [-0.1, -0.05) is 30.3 Å². The highest BCUT2D eigenvalue weighted by Gasteiger charge is 2.38. The van der Waals surface area contributed by atoms with Crippen molar-refractivity contribution in [2.75, 3.05) is 16.1 Å². The van der Waals surface area contributed by atoms with Crippen LogP contribution in [0.25, 0.3) is 0 Å². The first-order valence-corrected chi connectivity index (χ1v) is 19.9. The van der Waals surface area contributed by atoms with Crippen LogP contribution in [0.4, 0.5) is 34.1 Å². The SMILES string of the molecule is NC(=O)C(N=C(N)N)NC(=O)C(N=C(N)N)NC(=O)C(N=C(N)N)NC(=O)C(N=C(N)N)NC(=O)C(NC(=O)C(O)N(Cc1ccc(NOO)cc1[N+](=O)[O-])c1cc(N)c([N+](=O)[O-])cc1[N+](=O)[O-])c1ccccc1. The number of carbonyl (C=O) groups is 6. The number of hydrogen-bond donors (Lipinski definition) is 18. The zero-order chi connectivity index (χ0) is 55.7. The van der Waals surface area contributed by atoms with Crippen LogP contribution in [-0.2, 0) is 40.3 Å². The van der Waals surface area contributed by atoms with Crippen LogP contribution in [0.2, 0.25) is 0 Å². The third kappa shape index (κ3) is 16.1. The van der Waals surface area contributed by atoms with Crippen LogP contribution in [0.3, 0.4) is 0 Å². The zero-order valence-electron chi connectivity index (χ0n) is 37.5. The number of amides is 6. The van der Waals surface area contributed by atoms with E-state index >= 15 is 0 Å². The maximum Gasteiger partial charge on any atom is 0.299 e. The molecule has 0 saturated heterocycles. The van der Waals surface area contributed by atoms with Gasteiger partial charge in [-0.25, -0.2) is 30.7 Å². The summed E-state index contributed by atoms with van der Waals surface area (Å²) < 4.78 is 0. The van der Waals surface area contributed by atoms with E-state index in [-0.39, 0.29) is 11.3 Å². The topological polar surface area (TPSA) is 667 Å². The number of nitro groups is 3. The number of nitro benzene ring substituents is 3. The predicted octanol–water partition coefficient (Wildman–Crippen LogP) is -7.66. The largest absolute Gasteiger partial charge is 0.393 e. The number of nitrogen functional groups attached to an aromatic ring is 1. The molecule has 6 unspecified atom stereocenters. The van der Waals surface area contributed by atoms with E-state index in [2.05, 4.69) is 35.6 Å². The lowest BCUT2D eigenvalue weighted by molar-refractivity contribution is -0.393. The number of aliphatic hydroxyl groups excluding tert-OH is 1. The van der Waals surface area contributed by atoms with Gasteiger partial charge < -0.3 is 93.9 Å². The molecule has 0 bridgehead atoms. The molecule has 0 fully saturated rings. The number of aliphatic imine (C=N–C) groups is 4. The number of primary amides is 1. The maximum atomic E-state index is 14.2. The fourth-order valence-electron chi connectivity index (χ4n) is 5.98. The molecule has 0 aromatic heterocycles. The second kappa shape index (κ2) is 25.6. The number of carbonyl (C=O) groups excluding carboxylic acids is 6. The van der Waals surface area contributed by atoms with E-state index in [9.17, 15) is 64.2 Å². The Balaban J connectivity index is 2.10. The lowest BCUT2D eigenvalue weighted by Crippen LogP contribution is -2.58. The predicted molar refractivity (Wildman–Crippen MR) is 254 cm³/mol. The first-order valence-electron chi connectivity index (χ1n) is 19.9. The summed E-state index contributed by atoms with van der Waals surface area (Å²) in [5, 5.41) is 66.9. The van der Waals surface area contributed by atoms with Crippen LogP contribution < -0.4 is 94.3 Å². The van der Waals surface area contributed by atoms with Gasteiger partial charge in [0.2, 0.25) is 36.8 Å². The smallest absolute Gasteiger partial charge is 0.299 e. The van der Waals surface area contributed by atoms with Crippen LogP contribution in [0.1, 0.15) is 17.2 Å². The first-order chi connectivity index (χ1) is 34.6. The molecule has 0 saturated carbocycles. The van der Waals surface area contributed by atoms with Crippen molar-refractivity contribution in [1.82, 2.24) is 26.6 Å². The van der Waals surface area contributed by atoms with Gasteiger partial charge in [-0.3, -0.25) is 59.1 Å². The average molecular weight is 1040 g/mol. The molecule has 6 amide bonds. The number of anilines is 3. The van der Waals surface area contributed by atoms with Gasteiger partial charge in [-0.15, -0.1) is 4.99 Å². The highest BCUT2D eigenvalue weighted by Crippen LogP contribution is 2.39. The molecule has 74 heavy (non-hydrogen) atoms. The van der Waals surface area contributed by atoms with E-state index in [0.717, 1.165) is 18.2 Å². The summed E-state index contributed by atoms with van der Waals surface area (Å²) >= 11 is 0. The minimum atomic E-state index is -2.74. The molecular formula is C35H46N24O15. The van der Waals surface area contributed by atoms with Gasteiger partial charge in [0, 0.05) is 11.6 Å². The minimum absolute atomic E-state index is 0.128. The first kappa shape index (κ1) is 57.4. The summed E-state index contributed by atoms with van der Waals surface area (Å²) in [5.41, 5.74) is 51.0. The lowest BCUT2D eigenvalue weighted by atomic mass is 10.1. The molecule has 3 rings (SSSR count). The lowest BCUT2D eigenvalue weighted by Gasteiger charge is -2.30. The summed E-state index contributed by atoms with van der Waals surface area (Å²) in [7, 11) is 0. The maximum absolute atomic E-state index is 14.2. The van der Waals surface area contributed by atoms with Crippen molar-refractivity contribution in [3.63, 3.8) is 0 Å². The van der Waals surface area contributed by atoms with Crippen molar-refractivity contribution in [1.29, 1.82) is 0 Å². The highest BCUT2D eigenvalue weighted by atomic mass is 17.2. The molecule has 39 nitrogen and oxygen atoms in total. The fraction of sp³-hybridized carbons (Fsp3) is 0.200. The van der Waals surface area contributed by atoms with Gasteiger partial charge in [-0.2, -0.15) is 0 Å². The normalized spacial score (nSPS) is 12.9. The van der Waals surface area contributed by atoms with Crippen molar-refractivity contribution >= 4 is 93.4 Å². The van der Waals surface area contributed by atoms with Crippen molar-refractivity contribution in [3.05, 3.63) is 102 Å². The fourth-order valence-corrected chi connectivity index (χ4v) is 5.98. The van der Waals surface area contributed by atoms with E-state index in [0.29, 0.717) is 17.0 Å². The number of hydrogen-bond acceptors (Lipinski definition) is 22. The number of aliphatic hydroxyl groups is 1. The monoisotopic (exact) mass is 1040 g/mol. The number of nitrogens with zero attached hydrogens (tertiary/aromatic N) is 8. The van der Waals surface area contributed by atoms with Crippen LogP contribution >= 0.6 is 0 Å². The quantitative estimate of drug-likeness (QED) is 0.00713. The van der Waals surface area contributed by atoms with Gasteiger partial charge in [0.15, 0.2) is 23.8 Å². The van der Waals surface area contributed by atoms with Gasteiger partial charge in [-0.05, 0) is 23.8 Å². The van der Waals surface area contributed by atoms with Gasteiger partial charge >= 0.3 is 0 Å². The number of nitrogens with one attached hydrogen (secondary N) is 6. The van der Waals surface area contributed by atoms with Gasteiger partial charge in [0.25, 0.3) is 46.6 Å². The van der Waals surface area contributed by atoms with Gasteiger partial charge in [0.1, 0.15) is 17.4 Å². The Morgan fingerprint density at radius 2 is 1.03 bits per heavy atom. The molecule has 0 spiro atoms. The minimum Gasteiger partial charge on any atom is -0.393 e. The van der Waals surface area contributed by atoms with E-state index in [1.165, 1.54) is 30.3 Å². The Morgan fingerprint density at radius 3 is 1.46 bits per heavy atom. The summed E-state index contributed by atoms with van der Waals surface area (Å²) in [4.78, 5) is 132. The van der Waals surface area contributed by atoms with Crippen molar-refractivity contribution in [2.24, 2.45) is 71.6 Å². The molecular weight excluding hydrogens is 997 g/mol. The summed E-state index contributed by atoms with van der Waals surface area (Å²) in [6, 6.07) is 8.54. The summed E-state index contributed by atoms with van der Waals surface area (Å²) in [6.07, 6.45) is -11.4. The van der Waals surface area contributed by atoms with E-state index < -0.39 is 152 Å². The summed E-state index contributed by atoms with van der Waals surface area (Å²) in [5.74, 6) is -12.1. The molecule has 3 aromatic carbocycles. The average Bonchev–Trinajstić information content (AvgIpc) is 3.30. The van der Waals surface area contributed by atoms with Crippen molar-refractivity contribution in [3.8, 4) is 0 Å². The zero-order valence-corrected chi connectivity index (χ0v) is 37.5. The van der Waals surface area contributed by atoms with Crippen molar-refractivity contribution < 1.29 is 58.9 Å². The Bertz CT molecular complexity index is 2780. The molecule has 0 radical (unpaired) electrons. The second-order valence-electron chi connectivity index (χ2n) is 14.3. The Hall–Kier alpha value is -11.0. The molecule has 0 aliphatic rings. The van der Waals surface area contributed by atoms with Crippen LogP contribution in [0.15, 0.2) is 80.6 Å². The molecule has 6 atom stereocenters. The Labute approximate surface area is 411 Å². The number of guanidine groups is 4. The molecule has 0 aliphatic heterocycles. The van der Waals surface area contributed by atoms with Gasteiger partial charge in [0.05, 0.1) is 33.1 Å². The van der Waals surface area contributed by atoms with Crippen LogP contribution in [0.5, 0.6) is 0 Å². The number of nitrogens with two attached hydrogens (primary N) is 10.